The number of rotatable bonds is 2. The van der Waals surface area contributed by atoms with E-state index < -0.39 is 0 Å². The third-order valence-corrected chi connectivity index (χ3v) is 3.76. The molecule has 0 unspecified atom stereocenters. The fourth-order valence-corrected chi connectivity index (χ4v) is 2.62. The second kappa shape index (κ2) is 4.19. The summed E-state index contributed by atoms with van der Waals surface area (Å²) in [7, 11) is 1.61. The van der Waals surface area contributed by atoms with Gasteiger partial charge in [0.2, 0.25) is 5.89 Å². The molecule has 3 rings (SSSR count). The molecule has 0 radical (unpaired) electrons. The average molecular weight is 281 g/mol. The molecule has 0 spiro atoms. The number of fused-ring (bicyclic) bond motifs is 1. The third kappa shape index (κ3) is 1.72. The van der Waals surface area contributed by atoms with Crippen molar-refractivity contribution >= 4 is 39.7 Å². The number of benzene rings is 1. The van der Waals surface area contributed by atoms with Crippen molar-refractivity contribution in [2.45, 2.75) is 0 Å². The van der Waals surface area contributed by atoms with Crippen molar-refractivity contribution in [3.63, 3.8) is 0 Å². The van der Waals surface area contributed by atoms with Crippen LogP contribution in [0.4, 0.5) is 5.69 Å². The maximum absolute atomic E-state index is 5.95. The molecule has 92 valence electrons. The van der Waals surface area contributed by atoms with Crippen molar-refractivity contribution in [3.8, 4) is 16.5 Å². The molecular weight excluding hydrogens is 272 g/mol. The minimum absolute atomic E-state index is 0.473. The maximum Gasteiger partial charge on any atom is 0.241 e. The number of thiophene rings is 1. The second-order valence-corrected chi connectivity index (χ2v) is 5.00. The SMILES string of the molecule is COc1ccsc1-c1nc2cc(Cl)c(N)cc2o1. The van der Waals surface area contributed by atoms with Gasteiger partial charge >= 0.3 is 0 Å². The van der Waals surface area contributed by atoms with E-state index in [9.17, 15) is 0 Å². The Morgan fingerprint density at radius 3 is 3.06 bits per heavy atom. The molecule has 2 aromatic heterocycles. The molecule has 0 aliphatic rings. The fraction of sp³-hybridized carbons (Fsp3) is 0.0833. The highest BCUT2D eigenvalue weighted by Gasteiger charge is 2.15. The summed E-state index contributed by atoms with van der Waals surface area (Å²) in [5.41, 5.74) is 7.50. The van der Waals surface area contributed by atoms with Gasteiger partial charge in [0, 0.05) is 6.07 Å². The van der Waals surface area contributed by atoms with Crippen molar-refractivity contribution in [3.05, 3.63) is 28.6 Å². The summed E-state index contributed by atoms with van der Waals surface area (Å²) in [6, 6.07) is 5.24. The first-order valence-corrected chi connectivity index (χ1v) is 6.42. The van der Waals surface area contributed by atoms with Gasteiger partial charge in [0.25, 0.3) is 0 Å². The van der Waals surface area contributed by atoms with Gasteiger partial charge in [-0.1, -0.05) is 11.6 Å². The number of nitrogen functional groups attached to an aromatic ring is 1. The van der Waals surface area contributed by atoms with Gasteiger partial charge in [-0.2, -0.15) is 0 Å². The Bertz CT molecular complexity index is 681. The molecular formula is C12H9ClN2O2S. The van der Waals surface area contributed by atoms with Gasteiger partial charge in [0.1, 0.15) is 16.1 Å². The minimum Gasteiger partial charge on any atom is -0.495 e. The Kier molecular flexibility index (Phi) is 2.65. The first-order chi connectivity index (χ1) is 8.69. The number of oxazole rings is 1. The number of nitrogens with zero attached hydrogens (tertiary/aromatic N) is 1. The molecule has 0 amide bonds. The highest BCUT2D eigenvalue weighted by molar-refractivity contribution is 7.13. The Balaban J connectivity index is 2.19. The quantitative estimate of drug-likeness (QED) is 0.725. The molecule has 0 saturated carbocycles. The lowest BCUT2D eigenvalue weighted by Gasteiger charge is -1.96. The smallest absolute Gasteiger partial charge is 0.241 e. The number of methoxy groups -OCH3 is 1. The first kappa shape index (κ1) is 11.4. The van der Waals surface area contributed by atoms with Gasteiger partial charge in [-0.25, -0.2) is 4.98 Å². The lowest BCUT2D eigenvalue weighted by molar-refractivity contribution is 0.416. The van der Waals surface area contributed by atoms with Gasteiger partial charge in [-0.15, -0.1) is 11.3 Å². The standard InChI is InChI=1S/C12H9ClN2O2S/c1-16-9-2-3-18-11(9)12-15-8-4-6(13)7(14)5-10(8)17-12/h2-5H,14H2,1H3. The zero-order chi connectivity index (χ0) is 12.7. The van der Waals surface area contributed by atoms with Crippen molar-refractivity contribution in [1.82, 2.24) is 4.98 Å². The summed E-state index contributed by atoms with van der Waals surface area (Å²) < 4.78 is 10.9. The molecule has 3 aromatic rings. The molecule has 1 aromatic carbocycles. The number of aromatic nitrogens is 1. The maximum atomic E-state index is 5.95. The molecule has 2 heterocycles. The van der Waals surface area contributed by atoms with E-state index in [1.54, 1.807) is 19.2 Å². The van der Waals surface area contributed by atoms with E-state index in [1.807, 2.05) is 11.4 Å². The summed E-state index contributed by atoms with van der Waals surface area (Å²) >= 11 is 7.46. The Labute approximate surface area is 112 Å². The zero-order valence-electron chi connectivity index (χ0n) is 9.44. The number of ether oxygens (including phenoxy) is 1. The van der Waals surface area contributed by atoms with Crippen LogP contribution >= 0.6 is 22.9 Å². The zero-order valence-corrected chi connectivity index (χ0v) is 11.0. The van der Waals surface area contributed by atoms with Crippen LogP contribution in [0.1, 0.15) is 0 Å². The van der Waals surface area contributed by atoms with E-state index >= 15 is 0 Å². The summed E-state index contributed by atoms with van der Waals surface area (Å²) in [6.45, 7) is 0. The number of hydrogen-bond donors (Lipinski definition) is 1. The lowest BCUT2D eigenvalue weighted by atomic mass is 10.3. The number of hydrogen-bond acceptors (Lipinski definition) is 5. The molecule has 0 aliphatic carbocycles. The van der Waals surface area contributed by atoms with Crippen LogP contribution in [0.2, 0.25) is 5.02 Å². The molecule has 6 heteroatoms. The van der Waals surface area contributed by atoms with E-state index in [1.165, 1.54) is 11.3 Å². The average Bonchev–Trinajstić information content (AvgIpc) is 2.95. The second-order valence-electron chi connectivity index (χ2n) is 3.68. The van der Waals surface area contributed by atoms with E-state index in [-0.39, 0.29) is 0 Å². The van der Waals surface area contributed by atoms with E-state index in [2.05, 4.69) is 4.98 Å². The molecule has 0 saturated heterocycles. The predicted molar refractivity (Wildman–Crippen MR) is 73.3 cm³/mol. The lowest BCUT2D eigenvalue weighted by Crippen LogP contribution is -1.84. The van der Waals surface area contributed by atoms with Crippen LogP contribution in [0, 0.1) is 0 Å². The van der Waals surface area contributed by atoms with Gasteiger partial charge in [0.05, 0.1) is 17.8 Å². The largest absolute Gasteiger partial charge is 0.495 e. The van der Waals surface area contributed by atoms with E-state index in [0.717, 1.165) is 10.6 Å². The summed E-state index contributed by atoms with van der Waals surface area (Å²) in [5, 5.41) is 2.39. The Morgan fingerprint density at radius 1 is 1.44 bits per heavy atom. The van der Waals surface area contributed by atoms with Crippen molar-refractivity contribution in [2.24, 2.45) is 0 Å². The molecule has 0 bridgehead atoms. The van der Waals surface area contributed by atoms with Crippen molar-refractivity contribution in [1.29, 1.82) is 0 Å². The normalized spacial score (nSPS) is 11.0. The van der Waals surface area contributed by atoms with Crippen LogP contribution < -0.4 is 10.5 Å². The first-order valence-electron chi connectivity index (χ1n) is 5.16. The van der Waals surface area contributed by atoms with Crippen LogP contribution in [-0.2, 0) is 0 Å². The van der Waals surface area contributed by atoms with Crippen LogP contribution in [0.5, 0.6) is 5.75 Å². The van der Waals surface area contributed by atoms with Crippen molar-refractivity contribution < 1.29 is 9.15 Å². The van der Waals surface area contributed by atoms with Crippen LogP contribution in [0.15, 0.2) is 28.0 Å². The number of nitrogens with two attached hydrogens (primary N) is 1. The number of anilines is 1. The van der Waals surface area contributed by atoms with Crippen molar-refractivity contribution in [2.75, 3.05) is 12.8 Å². The third-order valence-electron chi connectivity index (χ3n) is 2.55. The molecule has 18 heavy (non-hydrogen) atoms. The van der Waals surface area contributed by atoms with Crippen LogP contribution in [0.25, 0.3) is 21.9 Å². The molecule has 4 nitrogen and oxygen atoms in total. The Hall–Kier alpha value is -1.72. The predicted octanol–water partition coefficient (Wildman–Crippen LogP) is 3.80. The summed E-state index contributed by atoms with van der Waals surface area (Å²) in [4.78, 5) is 5.24. The molecule has 0 atom stereocenters. The molecule has 0 aliphatic heterocycles. The van der Waals surface area contributed by atoms with Gasteiger partial charge in [-0.3, -0.25) is 0 Å². The van der Waals surface area contributed by atoms with Crippen LogP contribution in [-0.4, -0.2) is 12.1 Å². The van der Waals surface area contributed by atoms with Crippen LogP contribution in [0.3, 0.4) is 0 Å². The topological polar surface area (TPSA) is 61.3 Å². The van der Waals surface area contributed by atoms with Gasteiger partial charge in [0.15, 0.2) is 5.58 Å². The molecule has 2 N–H and O–H groups in total. The highest BCUT2D eigenvalue weighted by atomic mass is 35.5. The fourth-order valence-electron chi connectivity index (χ4n) is 1.68. The van der Waals surface area contributed by atoms with Gasteiger partial charge < -0.3 is 14.9 Å². The summed E-state index contributed by atoms with van der Waals surface area (Å²) in [5.74, 6) is 1.25. The minimum atomic E-state index is 0.473. The highest BCUT2D eigenvalue weighted by Crippen LogP contribution is 2.37. The van der Waals surface area contributed by atoms with E-state index in [4.69, 9.17) is 26.5 Å². The molecule has 0 fully saturated rings. The van der Waals surface area contributed by atoms with E-state index in [0.29, 0.717) is 27.7 Å². The number of halogens is 1. The summed E-state index contributed by atoms with van der Waals surface area (Å²) in [6.07, 6.45) is 0. The Morgan fingerprint density at radius 2 is 2.28 bits per heavy atom. The monoisotopic (exact) mass is 280 g/mol. The van der Waals surface area contributed by atoms with Gasteiger partial charge in [-0.05, 0) is 17.5 Å².